The molecule has 0 radical (unpaired) electrons. The van der Waals surface area contributed by atoms with Crippen LogP contribution >= 0.6 is 0 Å². The fourth-order valence-electron chi connectivity index (χ4n) is 1.58. The van der Waals surface area contributed by atoms with E-state index < -0.39 is 29.6 Å². The van der Waals surface area contributed by atoms with Crippen molar-refractivity contribution < 1.29 is 19.4 Å². The molecule has 6 nitrogen and oxygen atoms in total. The molecule has 1 amide bonds. The molecule has 0 aromatic heterocycles. The Morgan fingerprint density at radius 1 is 1.33 bits per heavy atom. The van der Waals surface area contributed by atoms with Crippen LogP contribution in [0, 0.1) is 11.8 Å². The number of rotatable bonds is 5. The van der Waals surface area contributed by atoms with Crippen LogP contribution < -0.4 is 11.1 Å². The highest BCUT2D eigenvalue weighted by molar-refractivity contribution is 5.74. The molecule has 6 heteroatoms. The summed E-state index contributed by atoms with van der Waals surface area (Å²) in [6, 6.07) is -0.553. The minimum atomic E-state index is -1.02. The smallest absolute Gasteiger partial charge is 0.407 e. The monoisotopic (exact) mass is 260 g/mol. The molecule has 0 saturated heterocycles. The number of nitrogens with one attached hydrogen (secondary N) is 1. The van der Waals surface area contributed by atoms with Crippen molar-refractivity contribution in [1.82, 2.24) is 5.32 Å². The van der Waals surface area contributed by atoms with Crippen LogP contribution in [0.15, 0.2) is 0 Å². The van der Waals surface area contributed by atoms with Gasteiger partial charge in [0.1, 0.15) is 5.60 Å². The molecule has 2 atom stereocenters. The standard InChI is InChI=1S/C12H24N2O4/c1-7(2)9(8(6-13)10(15)16)14-11(17)18-12(3,4)5/h7-9H,6,13H2,1-5H3,(H,14,17)(H,15,16). The molecule has 0 aliphatic carbocycles. The van der Waals surface area contributed by atoms with Crippen LogP contribution in [0.5, 0.6) is 0 Å². The lowest BCUT2D eigenvalue weighted by atomic mass is 9.90. The number of amides is 1. The van der Waals surface area contributed by atoms with Gasteiger partial charge in [-0.05, 0) is 26.7 Å². The molecular weight excluding hydrogens is 236 g/mol. The van der Waals surface area contributed by atoms with Crippen LogP contribution in [0.1, 0.15) is 34.6 Å². The maximum Gasteiger partial charge on any atom is 0.407 e. The van der Waals surface area contributed by atoms with Crippen molar-refractivity contribution in [3.05, 3.63) is 0 Å². The van der Waals surface area contributed by atoms with E-state index >= 15 is 0 Å². The molecule has 0 aromatic rings. The van der Waals surface area contributed by atoms with Crippen molar-refractivity contribution in [3.63, 3.8) is 0 Å². The Bertz CT molecular complexity index is 297. The van der Waals surface area contributed by atoms with Crippen LogP contribution in [0.3, 0.4) is 0 Å². The van der Waals surface area contributed by atoms with E-state index in [1.165, 1.54) is 0 Å². The normalized spacial score (nSPS) is 15.1. The zero-order valence-electron chi connectivity index (χ0n) is 11.7. The van der Waals surface area contributed by atoms with E-state index in [0.29, 0.717) is 0 Å². The van der Waals surface area contributed by atoms with Crippen LogP contribution in [-0.2, 0) is 9.53 Å². The van der Waals surface area contributed by atoms with E-state index in [9.17, 15) is 9.59 Å². The average molecular weight is 260 g/mol. The molecule has 0 rings (SSSR count). The summed E-state index contributed by atoms with van der Waals surface area (Å²) >= 11 is 0. The third-order valence-electron chi connectivity index (χ3n) is 2.41. The third-order valence-corrected chi connectivity index (χ3v) is 2.41. The van der Waals surface area contributed by atoms with E-state index in [1.807, 2.05) is 13.8 Å². The fraction of sp³-hybridized carbons (Fsp3) is 0.833. The molecule has 0 aliphatic rings. The van der Waals surface area contributed by atoms with Gasteiger partial charge in [-0.1, -0.05) is 13.8 Å². The summed E-state index contributed by atoms with van der Waals surface area (Å²) in [6.45, 7) is 8.85. The molecule has 0 heterocycles. The molecule has 0 aromatic carbocycles. The molecule has 106 valence electrons. The van der Waals surface area contributed by atoms with Crippen LogP contribution in [-0.4, -0.2) is 35.4 Å². The minimum Gasteiger partial charge on any atom is -0.481 e. The van der Waals surface area contributed by atoms with Crippen molar-refractivity contribution in [3.8, 4) is 0 Å². The van der Waals surface area contributed by atoms with Gasteiger partial charge in [0.2, 0.25) is 0 Å². The first-order chi connectivity index (χ1) is 8.08. The summed E-state index contributed by atoms with van der Waals surface area (Å²) in [5.74, 6) is -1.90. The Kier molecular flexibility index (Phi) is 6.11. The predicted molar refractivity (Wildman–Crippen MR) is 68.2 cm³/mol. The summed E-state index contributed by atoms with van der Waals surface area (Å²) in [5.41, 5.74) is 4.82. The molecule has 0 fully saturated rings. The Morgan fingerprint density at radius 3 is 2.11 bits per heavy atom. The highest BCUT2D eigenvalue weighted by Gasteiger charge is 2.31. The van der Waals surface area contributed by atoms with Crippen molar-refractivity contribution in [2.75, 3.05) is 6.54 Å². The molecule has 0 aliphatic heterocycles. The Labute approximate surface area is 108 Å². The topological polar surface area (TPSA) is 102 Å². The van der Waals surface area contributed by atoms with Crippen molar-refractivity contribution in [1.29, 1.82) is 0 Å². The van der Waals surface area contributed by atoms with Gasteiger partial charge < -0.3 is 20.9 Å². The second-order valence-electron chi connectivity index (χ2n) is 5.60. The van der Waals surface area contributed by atoms with Crippen LogP contribution in [0.4, 0.5) is 4.79 Å². The lowest BCUT2D eigenvalue weighted by Gasteiger charge is -2.29. The second-order valence-corrected chi connectivity index (χ2v) is 5.60. The lowest BCUT2D eigenvalue weighted by Crippen LogP contribution is -2.50. The van der Waals surface area contributed by atoms with Gasteiger partial charge in [0, 0.05) is 12.6 Å². The van der Waals surface area contributed by atoms with E-state index in [0.717, 1.165) is 0 Å². The van der Waals surface area contributed by atoms with Gasteiger partial charge in [0.15, 0.2) is 0 Å². The second kappa shape index (κ2) is 6.58. The quantitative estimate of drug-likeness (QED) is 0.689. The van der Waals surface area contributed by atoms with E-state index in [2.05, 4.69) is 5.32 Å². The first-order valence-electron chi connectivity index (χ1n) is 6.01. The van der Waals surface area contributed by atoms with E-state index in [-0.39, 0.29) is 12.5 Å². The summed E-state index contributed by atoms with van der Waals surface area (Å²) in [7, 11) is 0. The highest BCUT2D eigenvalue weighted by atomic mass is 16.6. The summed E-state index contributed by atoms with van der Waals surface area (Å²) < 4.78 is 5.11. The predicted octanol–water partition coefficient (Wildman–Crippen LogP) is 1.20. The number of hydrogen-bond donors (Lipinski definition) is 3. The van der Waals surface area contributed by atoms with Gasteiger partial charge in [-0.2, -0.15) is 0 Å². The van der Waals surface area contributed by atoms with E-state index in [1.54, 1.807) is 20.8 Å². The summed E-state index contributed by atoms with van der Waals surface area (Å²) in [4.78, 5) is 22.7. The summed E-state index contributed by atoms with van der Waals surface area (Å²) in [6.07, 6.45) is -0.624. The number of nitrogens with two attached hydrogens (primary N) is 1. The molecule has 2 unspecified atom stereocenters. The minimum absolute atomic E-state index is 0.0338. The molecule has 0 bridgehead atoms. The fourth-order valence-corrected chi connectivity index (χ4v) is 1.58. The third kappa shape index (κ3) is 5.86. The summed E-state index contributed by atoms with van der Waals surface area (Å²) in [5, 5.41) is 11.6. The Hall–Kier alpha value is -1.30. The molecule has 0 saturated carbocycles. The largest absolute Gasteiger partial charge is 0.481 e. The number of alkyl carbamates (subject to hydrolysis) is 1. The molecule has 18 heavy (non-hydrogen) atoms. The Morgan fingerprint density at radius 2 is 1.83 bits per heavy atom. The van der Waals surface area contributed by atoms with Crippen molar-refractivity contribution in [2.24, 2.45) is 17.6 Å². The number of aliphatic carboxylic acids is 1. The number of carbonyl (C=O) groups excluding carboxylic acids is 1. The zero-order chi connectivity index (χ0) is 14.5. The Balaban J connectivity index is 4.73. The molecule has 0 spiro atoms. The van der Waals surface area contributed by atoms with Crippen LogP contribution in [0.25, 0.3) is 0 Å². The number of ether oxygens (including phenoxy) is 1. The number of carbonyl (C=O) groups is 2. The van der Waals surface area contributed by atoms with Gasteiger partial charge in [-0.15, -0.1) is 0 Å². The van der Waals surface area contributed by atoms with Gasteiger partial charge in [-0.3, -0.25) is 4.79 Å². The van der Waals surface area contributed by atoms with Gasteiger partial charge in [0.05, 0.1) is 5.92 Å². The molecular formula is C12H24N2O4. The van der Waals surface area contributed by atoms with Gasteiger partial charge in [-0.25, -0.2) is 4.79 Å². The average Bonchev–Trinajstić information content (AvgIpc) is 2.13. The first-order valence-corrected chi connectivity index (χ1v) is 6.01. The van der Waals surface area contributed by atoms with Crippen molar-refractivity contribution in [2.45, 2.75) is 46.3 Å². The maximum atomic E-state index is 11.6. The lowest BCUT2D eigenvalue weighted by molar-refractivity contribution is -0.142. The highest BCUT2D eigenvalue weighted by Crippen LogP contribution is 2.14. The number of carboxylic acids is 1. The number of carboxylic acid groups (broad SMARTS) is 1. The van der Waals surface area contributed by atoms with Crippen LogP contribution in [0.2, 0.25) is 0 Å². The van der Waals surface area contributed by atoms with Gasteiger partial charge in [0.25, 0.3) is 0 Å². The first kappa shape index (κ1) is 16.7. The zero-order valence-corrected chi connectivity index (χ0v) is 11.7. The van der Waals surface area contributed by atoms with E-state index in [4.69, 9.17) is 15.6 Å². The van der Waals surface area contributed by atoms with Crippen molar-refractivity contribution >= 4 is 12.1 Å². The molecule has 4 N–H and O–H groups in total. The SMILES string of the molecule is CC(C)C(NC(=O)OC(C)(C)C)C(CN)C(=O)O. The number of hydrogen-bond acceptors (Lipinski definition) is 4. The maximum absolute atomic E-state index is 11.6. The van der Waals surface area contributed by atoms with Gasteiger partial charge >= 0.3 is 12.1 Å².